The Morgan fingerprint density at radius 2 is 1.83 bits per heavy atom. The van der Waals surface area contributed by atoms with Gasteiger partial charge in [0.15, 0.2) is 16.6 Å². The van der Waals surface area contributed by atoms with E-state index in [1.807, 2.05) is 12.1 Å². The van der Waals surface area contributed by atoms with Crippen molar-refractivity contribution in [2.75, 3.05) is 53.5 Å². The molecule has 23 heavy (non-hydrogen) atoms. The van der Waals surface area contributed by atoms with Crippen LogP contribution in [-0.2, 0) is 6.42 Å². The maximum Gasteiger partial charge on any atom is 0.169 e. The van der Waals surface area contributed by atoms with Gasteiger partial charge in [-0.3, -0.25) is 0 Å². The minimum Gasteiger partial charge on any atom is -0.493 e. The van der Waals surface area contributed by atoms with Gasteiger partial charge in [0, 0.05) is 32.7 Å². The van der Waals surface area contributed by atoms with Crippen LogP contribution in [0.4, 0.5) is 0 Å². The predicted molar refractivity (Wildman–Crippen MR) is 97.5 cm³/mol. The van der Waals surface area contributed by atoms with Crippen LogP contribution in [0.1, 0.15) is 12.5 Å². The first-order valence-electron chi connectivity index (χ1n) is 8.14. The van der Waals surface area contributed by atoms with E-state index in [0.717, 1.165) is 62.3 Å². The summed E-state index contributed by atoms with van der Waals surface area (Å²) in [4.78, 5) is 4.71. The molecule has 0 spiro atoms. The Balaban J connectivity index is 1.77. The molecule has 1 aliphatic rings. The van der Waals surface area contributed by atoms with E-state index >= 15 is 0 Å². The predicted octanol–water partition coefficient (Wildman–Crippen LogP) is 1.76. The Bertz CT molecular complexity index is 517. The third-order valence-corrected chi connectivity index (χ3v) is 4.65. The number of hydrogen-bond donors (Lipinski definition) is 1. The lowest BCUT2D eigenvalue weighted by molar-refractivity contribution is 0.189. The molecular weight excluding hydrogens is 310 g/mol. The van der Waals surface area contributed by atoms with E-state index in [2.05, 4.69) is 28.1 Å². The molecule has 0 aromatic heterocycles. The molecule has 0 aliphatic carbocycles. The highest BCUT2D eigenvalue weighted by molar-refractivity contribution is 7.80. The quantitative estimate of drug-likeness (QED) is 0.797. The number of likely N-dealkylation sites (N-methyl/N-ethyl adjacent to an activating group) is 1. The number of rotatable bonds is 6. The molecular formula is C17H27N3O2S. The Kier molecular flexibility index (Phi) is 6.92. The van der Waals surface area contributed by atoms with E-state index in [9.17, 15) is 0 Å². The van der Waals surface area contributed by atoms with Crippen molar-refractivity contribution < 1.29 is 9.47 Å². The van der Waals surface area contributed by atoms with Crippen LogP contribution in [0.2, 0.25) is 0 Å². The molecule has 1 aromatic carbocycles. The van der Waals surface area contributed by atoms with Crippen LogP contribution in [0, 0.1) is 0 Å². The maximum absolute atomic E-state index is 5.50. The molecule has 0 bridgehead atoms. The van der Waals surface area contributed by atoms with Crippen molar-refractivity contribution >= 4 is 17.3 Å². The van der Waals surface area contributed by atoms with Gasteiger partial charge < -0.3 is 24.6 Å². The zero-order valence-corrected chi connectivity index (χ0v) is 15.1. The topological polar surface area (TPSA) is 37.0 Å². The van der Waals surface area contributed by atoms with Gasteiger partial charge in [0.05, 0.1) is 14.2 Å². The SMILES string of the molecule is CCN1CCN(C(=S)NCCc2ccc(OC)c(OC)c2)CC1. The number of nitrogens with one attached hydrogen (secondary N) is 1. The summed E-state index contributed by atoms with van der Waals surface area (Å²) in [5.41, 5.74) is 1.20. The Morgan fingerprint density at radius 3 is 2.43 bits per heavy atom. The van der Waals surface area contributed by atoms with Gasteiger partial charge in [0.25, 0.3) is 0 Å². The first-order chi connectivity index (χ1) is 11.2. The zero-order chi connectivity index (χ0) is 16.7. The minimum atomic E-state index is 0.758. The Morgan fingerprint density at radius 1 is 1.13 bits per heavy atom. The van der Waals surface area contributed by atoms with E-state index in [1.165, 1.54) is 5.56 Å². The standard InChI is InChI=1S/C17H27N3O2S/c1-4-19-9-11-20(12-10-19)17(23)18-8-7-14-5-6-15(21-2)16(13-14)22-3/h5-6,13H,4,7-12H2,1-3H3,(H,18,23). The van der Waals surface area contributed by atoms with Crippen LogP contribution in [0.3, 0.4) is 0 Å². The molecule has 5 nitrogen and oxygen atoms in total. The van der Waals surface area contributed by atoms with Gasteiger partial charge >= 0.3 is 0 Å². The van der Waals surface area contributed by atoms with Crippen molar-refractivity contribution in [3.8, 4) is 11.5 Å². The second-order valence-electron chi connectivity index (χ2n) is 5.59. The summed E-state index contributed by atoms with van der Waals surface area (Å²) < 4.78 is 10.6. The average Bonchev–Trinajstić information content (AvgIpc) is 2.61. The Hall–Kier alpha value is -1.53. The number of hydrogen-bond acceptors (Lipinski definition) is 4. The van der Waals surface area contributed by atoms with Crippen LogP contribution in [-0.4, -0.2) is 68.4 Å². The molecule has 1 fully saturated rings. The summed E-state index contributed by atoms with van der Waals surface area (Å²) in [7, 11) is 3.31. The number of methoxy groups -OCH3 is 2. The number of nitrogens with zero attached hydrogens (tertiary/aromatic N) is 2. The van der Waals surface area contributed by atoms with E-state index in [0.29, 0.717) is 0 Å². The van der Waals surface area contributed by atoms with Gasteiger partial charge in [0.1, 0.15) is 0 Å². The molecule has 6 heteroatoms. The van der Waals surface area contributed by atoms with Crippen LogP contribution in [0.25, 0.3) is 0 Å². The van der Waals surface area contributed by atoms with Crippen LogP contribution in [0.15, 0.2) is 18.2 Å². The molecule has 1 N–H and O–H groups in total. The van der Waals surface area contributed by atoms with Crippen molar-refractivity contribution in [2.24, 2.45) is 0 Å². The highest BCUT2D eigenvalue weighted by Gasteiger charge is 2.17. The molecule has 128 valence electrons. The lowest BCUT2D eigenvalue weighted by Gasteiger charge is -2.35. The molecule has 1 aliphatic heterocycles. The van der Waals surface area contributed by atoms with Crippen molar-refractivity contribution in [1.29, 1.82) is 0 Å². The highest BCUT2D eigenvalue weighted by atomic mass is 32.1. The van der Waals surface area contributed by atoms with Crippen LogP contribution >= 0.6 is 12.2 Å². The van der Waals surface area contributed by atoms with Gasteiger partial charge in [-0.1, -0.05) is 13.0 Å². The molecule has 1 heterocycles. The average molecular weight is 337 g/mol. The molecule has 0 atom stereocenters. The fourth-order valence-electron chi connectivity index (χ4n) is 2.73. The van der Waals surface area contributed by atoms with Gasteiger partial charge in [0.2, 0.25) is 0 Å². The summed E-state index contributed by atoms with van der Waals surface area (Å²) >= 11 is 5.50. The van der Waals surface area contributed by atoms with E-state index in [1.54, 1.807) is 14.2 Å². The highest BCUT2D eigenvalue weighted by Crippen LogP contribution is 2.27. The van der Waals surface area contributed by atoms with Crippen molar-refractivity contribution in [3.05, 3.63) is 23.8 Å². The lowest BCUT2D eigenvalue weighted by Crippen LogP contribution is -2.51. The smallest absolute Gasteiger partial charge is 0.169 e. The minimum absolute atomic E-state index is 0.758. The van der Waals surface area contributed by atoms with Crippen molar-refractivity contribution in [3.63, 3.8) is 0 Å². The number of thiocarbonyl (C=S) groups is 1. The monoisotopic (exact) mass is 337 g/mol. The molecule has 2 rings (SSSR count). The number of ether oxygens (including phenoxy) is 2. The third kappa shape index (κ3) is 4.97. The maximum atomic E-state index is 5.50. The summed E-state index contributed by atoms with van der Waals surface area (Å²) in [6.07, 6.45) is 0.898. The molecule has 0 unspecified atom stereocenters. The van der Waals surface area contributed by atoms with Crippen LogP contribution < -0.4 is 14.8 Å². The van der Waals surface area contributed by atoms with Gasteiger partial charge in [-0.15, -0.1) is 0 Å². The second kappa shape index (κ2) is 8.93. The Labute approximate surface area is 144 Å². The summed E-state index contributed by atoms with van der Waals surface area (Å²) in [5.74, 6) is 1.52. The molecule has 0 amide bonds. The van der Waals surface area contributed by atoms with Gasteiger partial charge in [-0.25, -0.2) is 0 Å². The summed E-state index contributed by atoms with van der Waals surface area (Å²) in [6.45, 7) is 8.35. The van der Waals surface area contributed by atoms with Crippen LogP contribution in [0.5, 0.6) is 11.5 Å². The normalized spacial score (nSPS) is 15.3. The lowest BCUT2D eigenvalue weighted by atomic mass is 10.1. The number of benzene rings is 1. The summed E-state index contributed by atoms with van der Waals surface area (Å²) in [5, 5.41) is 4.23. The first kappa shape index (κ1) is 17.8. The zero-order valence-electron chi connectivity index (χ0n) is 14.3. The van der Waals surface area contributed by atoms with Crippen molar-refractivity contribution in [2.45, 2.75) is 13.3 Å². The molecule has 0 saturated carbocycles. The largest absolute Gasteiger partial charge is 0.493 e. The van der Waals surface area contributed by atoms with Gasteiger partial charge in [-0.05, 0) is 42.9 Å². The molecule has 1 aromatic rings. The van der Waals surface area contributed by atoms with Gasteiger partial charge in [-0.2, -0.15) is 0 Å². The second-order valence-corrected chi connectivity index (χ2v) is 5.98. The van der Waals surface area contributed by atoms with E-state index in [-0.39, 0.29) is 0 Å². The fraction of sp³-hybridized carbons (Fsp3) is 0.588. The molecule has 1 saturated heterocycles. The first-order valence-corrected chi connectivity index (χ1v) is 8.54. The van der Waals surface area contributed by atoms with E-state index < -0.39 is 0 Å². The molecule has 0 radical (unpaired) electrons. The van der Waals surface area contributed by atoms with E-state index in [4.69, 9.17) is 21.7 Å². The number of piperazine rings is 1. The third-order valence-electron chi connectivity index (χ3n) is 4.24. The fourth-order valence-corrected chi connectivity index (χ4v) is 3.01. The van der Waals surface area contributed by atoms with Crippen molar-refractivity contribution in [1.82, 2.24) is 15.1 Å². The summed E-state index contributed by atoms with van der Waals surface area (Å²) in [6, 6.07) is 6.02.